The van der Waals surface area contributed by atoms with Crippen LogP contribution in [0.3, 0.4) is 0 Å². The smallest absolute Gasteiger partial charge is 0.481 e. The third-order valence-electron chi connectivity index (χ3n) is 3.64. The fourth-order valence-corrected chi connectivity index (χ4v) is 2.43. The Labute approximate surface area is 158 Å². The average molecular weight is 398 g/mol. The highest BCUT2D eigenvalue weighted by Gasteiger charge is 2.31. The van der Waals surface area contributed by atoms with Crippen LogP contribution in [0.5, 0.6) is 11.6 Å². The average Bonchev–Trinajstić information content (AvgIpc) is 2.59. The number of rotatable bonds is 7. The fraction of sp³-hybridized carbons (Fsp3) is 0.278. The molecule has 1 heterocycles. The molecule has 0 saturated carbocycles. The Balaban J connectivity index is 2.24. The van der Waals surface area contributed by atoms with Gasteiger partial charge in [-0.1, -0.05) is 12.1 Å². The summed E-state index contributed by atoms with van der Waals surface area (Å²) in [7, 11) is 1.34. The number of carboxylic acids is 1. The number of hydrogen-bond acceptors (Lipinski definition) is 5. The van der Waals surface area contributed by atoms with Crippen LogP contribution in [0.2, 0.25) is 0 Å². The van der Waals surface area contributed by atoms with Crippen molar-refractivity contribution in [2.45, 2.75) is 25.7 Å². The summed E-state index contributed by atoms with van der Waals surface area (Å²) in [4.78, 5) is 27.8. The van der Waals surface area contributed by atoms with Gasteiger partial charge in [-0.3, -0.25) is 9.59 Å². The van der Waals surface area contributed by atoms with Crippen LogP contribution in [0.25, 0.3) is 0 Å². The van der Waals surface area contributed by atoms with Crippen molar-refractivity contribution >= 4 is 11.9 Å². The second-order valence-electron chi connectivity index (χ2n) is 5.75. The number of pyridine rings is 1. The molecule has 1 unspecified atom stereocenters. The highest BCUT2D eigenvalue weighted by molar-refractivity contribution is 5.96. The van der Waals surface area contributed by atoms with Gasteiger partial charge in [0.25, 0.3) is 5.91 Å². The topological polar surface area (TPSA) is 97.8 Å². The van der Waals surface area contributed by atoms with Crippen LogP contribution in [0.1, 0.15) is 34.1 Å². The summed E-state index contributed by atoms with van der Waals surface area (Å²) in [6.45, 7) is 1.71. The third kappa shape index (κ3) is 5.86. The molecule has 0 aliphatic rings. The standard InChI is InChI=1S/C18H17F3N2O5/c1-10-3-8-13(17(22-10)27-2)16(26)23-14(9-15(24)25)11-4-6-12(7-5-11)28-18(19,20)21/h3-8,14H,9H2,1-2H3,(H,23,26)(H,24,25). The van der Waals surface area contributed by atoms with E-state index >= 15 is 0 Å². The van der Waals surface area contributed by atoms with Crippen molar-refractivity contribution in [3.8, 4) is 11.6 Å². The Kier molecular flexibility index (Phi) is 6.45. The van der Waals surface area contributed by atoms with Gasteiger partial charge in [0, 0.05) is 5.69 Å². The Morgan fingerprint density at radius 2 is 1.82 bits per heavy atom. The summed E-state index contributed by atoms with van der Waals surface area (Å²) in [6, 6.07) is 6.66. The lowest BCUT2D eigenvalue weighted by Gasteiger charge is -2.19. The van der Waals surface area contributed by atoms with Crippen LogP contribution in [-0.2, 0) is 4.79 Å². The van der Waals surface area contributed by atoms with E-state index in [-0.39, 0.29) is 11.4 Å². The number of alkyl halides is 3. The first-order valence-corrected chi connectivity index (χ1v) is 7.99. The summed E-state index contributed by atoms with van der Waals surface area (Å²) in [5.74, 6) is -2.22. The zero-order valence-electron chi connectivity index (χ0n) is 14.9. The number of benzene rings is 1. The van der Waals surface area contributed by atoms with Gasteiger partial charge in [0.15, 0.2) is 0 Å². The van der Waals surface area contributed by atoms with Crippen LogP contribution in [0.4, 0.5) is 13.2 Å². The minimum Gasteiger partial charge on any atom is -0.481 e. The van der Waals surface area contributed by atoms with Crippen molar-refractivity contribution in [3.05, 3.63) is 53.2 Å². The molecular weight excluding hydrogens is 381 g/mol. The van der Waals surface area contributed by atoms with Gasteiger partial charge in [-0.2, -0.15) is 0 Å². The maximum Gasteiger partial charge on any atom is 0.573 e. The first-order chi connectivity index (χ1) is 13.1. The minimum absolute atomic E-state index is 0.0699. The second-order valence-corrected chi connectivity index (χ2v) is 5.75. The number of carbonyl (C=O) groups excluding carboxylic acids is 1. The van der Waals surface area contributed by atoms with Crippen molar-refractivity contribution in [3.63, 3.8) is 0 Å². The van der Waals surface area contributed by atoms with Crippen LogP contribution in [0, 0.1) is 6.92 Å². The maximum atomic E-state index is 12.6. The molecule has 10 heteroatoms. The number of halogens is 3. The summed E-state index contributed by atoms with van der Waals surface area (Å²) >= 11 is 0. The van der Waals surface area contributed by atoms with E-state index < -0.39 is 36.5 Å². The zero-order chi connectivity index (χ0) is 20.9. The van der Waals surface area contributed by atoms with Crippen LogP contribution in [-0.4, -0.2) is 35.4 Å². The van der Waals surface area contributed by atoms with Crippen LogP contribution >= 0.6 is 0 Å². The zero-order valence-corrected chi connectivity index (χ0v) is 14.9. The summed E-state index contributed by atoms with van der Waals surface area (Å²) in [5, 5.41) is 11.7. The first-order valence-electron chi connectivity index (χ1n) is 7.99. The van der Waals surface area contributed by atoms with Gasteiger partial charge in [0.1, 0.15) is 11.3 Å². The predicted molar refractivity (Wildman–Crippen MR) is 91.1 cm³/mol. The van der Waals surface area contributed by atoms with Crippen molar-refractivity contribution in [2.24, 2.45) is 0 Å². The first kappa shape index (κ1) is 21.0. The van der Waals surface area contributed by atoms with Gasteiger partial charge >= 0.3 is 12.3 Å². The number of nitrogens with zero attached hydrogens (tertiary/aromatic N) is 1. The molecule has 2 aromatic rings. The molecule has 0 saturated heterocycles. The number of carboxylic acid groups (broad SMARTS) is 1. The molecule has 2 rings (SSSR count). The number of ether oxygens (including phenoxy) is 2. The molecule has 0 radical (unpaired) electrons. The van der Waals surface area contributed by atoms with E-state index in [0.29, 0.717) is 11.3 Å². The molecule has 150 valence electrons. The van der Waals surface area contributed by atoms with Crippen molar-refractivity contribution in [2.75, 3.05) is 7.11 Å². The Morgan fingerprint density at radius 1 is 1.18 bits per heavy atom. The molecule has 1 aromatic carbocycles. The molecule has 1 aromatic heterocycles. The number of nitrogens with one attached hydrogen (secondary N) is 1. The van der Waals surface area contributed by atoms with Gasteiger partial charge in [0.05, 0.1) is 19.6 Å². The molecule has 0 bridgehead atoms. The normalized spacial score (nSPS) is 12.2. The van der Waals surface area contributed by atoms with E-state index in [2.05, 4.69) is 15.0 Å². The Bertz CT molecular complexity index is 853. The molecule has 0 fully saturated rings. The number of amides is 1. The molecule has 2 N–H and O–H groups in total. The molecule has 0 aliphatic carbocycles. The van der Waals surface area contributed by atoms with E-state index in [0.717, 1.165) is 12.1 Å². The SMILES string of the molecule is COc1nc(C)ccc1C(=O)NC(CC(=O)O)c1ccc(OC(F)(F)F)cc1. The number of hydrogen-bond donors (Lipinski definition) is 2. The Morgan fingerprint density at radius 3 is 2.36 bits per heavy atom. The lowest BCUT2D eigenvalue weighted by atomic mass is 10.0. The fourth-order valence-electron chi connectivity index (χ4n) is 2.43. The summed E-state index contributed by atoms with van der Waals surface area (Å²) in [5.41, 5.74) is 1.01. The van der Waals surface area contributed by atoms with E-state index in [1.807, 2.05) is 0 Å². The monoisotopic (exact) mass is 398 g/mol. The van der Waals surface area contributed by atoms with Gasteiger partial charge in [-0.25, -0.2) is 4.98 Å². The van der Waals surface area contributed by atoms with E-state index in [4.69, 9.17) is 9.84 Å². The third-order valence-corrected chi connectivity index (χ3v) is 3.64. The summed E-state index contributed by atoms with van der Waals surface area (Å²) in [6.07, 6.45) is -5.32. The lowest BCUT2D eigenvalue weighted by molar-refractivity contribution is -0.274. The number of aliphatic carboxylic acids is 1. The summed E-state index contributed by atoms with van der Waals surface area (Å²) < 4.78 is 45.6. The number of carbonyl (C=O) groups is 2. The van der Waals surface area contributed by atoms with E-state index in [1.165, 1.54) is 25.3 Å². The van der Waals surface area contributed by atoms with Gasteiger partial charge in [-0.05, 0) is 36.8 Å². The highest BCUT2D eigenvalue weighted by Crippen LogP contribution is 2.26. The lowest BCUT2D eigenvalue weighted by Crippen LogP contribution is -2.30. The molecule has 7 nitrogen and oxygen atoms in total. The van der Waals surface area contributed by atoms with Gasteiger partial charge in [0.2, 0.25) is 5.88 Å². The molecule has 1 atom stereocenters. The maximum absolute atomic E-state index is 12.6. The minimum atomic E-state index is -4.84. The molecule has 0 aliphatic heterocycles. The Hall–Kier alpha value is -3.30. The molecular formula is C18H17F3N2O5. The van der Waals surface area contributed by atoms with Crippen molar-refractivity contribution in [1.29, 1.82) is 0 Å². The highest BCUT2D eigenvalue weighted by atomic mass is 19.4. The largest absolute Gasteiger partial charge is 0.573 e. The molecule has 1 amide bonds. The number of aryl methyl sites for hydroxylation is 1. The predicted octanol–water partition coefficient (Wildman–Crippen LogP) is 3.24. The van der Waals surface area contributed by atoms with Crippen LogP contribution in [0.15, 0.2) is 36.4 Å². The number of methoxy groups -OCH3 is 1. The van der Waals surface area contributed by atoms with E-state index in [9.17, 15) is 22.8 Å². The molecule has 0 spiro atoms. The van der Waals surface area contributed by atoms with Crippen molar-refractivity contribution < 1.29 is 37.3 Å². The quantitative estimate of drug-likeness (QED) is 0.743. The molecule has 28 heavy (non-hydrogen) atoms. The van der Waals surface area contributed by atoms with Crippen LogP contribution < -0.4 is 14.8 Å². The van der Waals surface area contributed by atoms with Gasteiger partial charge < -0.3 is 19.9 Å². The van der Waals surface area contributed by atoms with Crippen molar-refractivity contribution in [1.82, 2.24) is 10.3 Å². The van der Waals surface area contributed by atoms with Gasteiger partial charge in [-0.15, -0.1) is 13.2 Å². The number of aromatic nitrogens is 1. The second kappa shape index (κ2) is 8.59. The van der Waals surface area contributed by atoms with E-state index in [1.54, 1.807) is 13.0 Å².